The monoisotopic (exact) mass is 562 g/mol. The van der Waals surface area contributed by atoms with Crippen LogP contribution in [-0.4, -0.2) is 32.9 Å². The zero-order chi connectivity index (χ0) is 27.3. The van der Waals surface area contributed by atoms with Crippen LogP contribution < -0.4 is 10.4 Å². The molecule has 2 aliphatic rings. The van der Waals surface area contributed by atoms with Gasteiger partial charge in [0.05, 0.1) is 28.8 Å². The molecule has 1 N–H and O–H groups in total. The molecule has 9 heteroatoms. The quantitative estimate of drug-likeness (QED) is 0.225. The first-order valence-corrected chi connectivity index (χ1v) is 16.5. The molecule has 0 bridgehead atoms. The lowest BCUT2D eigenvalue weighted by Gasteiger charge is -2.37. The van der Waals surface area contributed by atoms with Crippen molar-refractivity contribution in [1.82, 2.24) is 5.48 Å². The van der Waals surface area contributed by atoms with E-state index in [1.807, 2.05) is 12.3 Å². The van der Waals surface area contributed by atoms with Gasteiger partial charge in [0, 0.05) is 22.5 Å². The fraction of sp³-hybridized carbons (Fsp3) is 0.552. The predicted octanol–water partition coefficient (Wildman–Crippen LogP) is 6.80. The van der Waals surface area contributed by atoms with Crippen LogP contribution in [0.5, 0.6) is 0 Å². The summed E-state index contributed by atoms with van der Waals surface area (Å²) in [5, 5.41) is 0. The number of nitrogens with zero attached hydrogens (tertiary/aromatic N) is 1. The van der Waals surface area contributed by atoms with Crippen LogP contribution in [0, 0.1) is 17.2 Å². The standard InChI is InChI=1S/C29H39FN2O4S2/c1-4-6-14-29(15-7-5-2)19-32(24-12-10-23(30)11-13-24)25-17-26(37-3)22(16-27(25)38(34,35)20-29)18-31-36-28(33)21-8-9-21/h10-13,16-17,21,31H,4-9,14-15,18-20H2,1-3H3. The summed E-state index contributed by atoms with van der Waals surface area (Å²) in [6, 6.07) is 9.98. The second-order valence-electron chi connectivity index (χ2n) is 10.7. The van der Waals surface area contributed by atoms with Gasteiger partial charge in [-0.05, 0) is 73.9 Å². The van der Waals surface area contributed by atoms with E-state index in [1.54, 1.807) is 18.2 Å². The molecule has 6 nitrogen and oxygen atoms in total. The number of carbonyl (C=O) groups excluding carboxylic acids is 1. The van der Waals surface area contributed by atoms with Crippen molar-refractivity contribution in [2.45, 2.75) is 81.5 Å². The minimum absolute atomic E-state index is 0.0291. The Morgan fingerprint density at radius 3 is 2.37 bits per heavy atom. The normalized spacial score (nSPS) is 18.1. The van der Waals surface area contributed by atoms with Crippen LogP contribution in [0.25, 0.3) is 0 Å². The first-order valence-electron chi connectivity index (χ1n) is 13.6. The molecule has 0 spiro atoms. The second-order valence-corrected chi connectivity index (χ2v) is 13.5. The molecule has 1 heterocycles. The third kappa shape index (κ3) is 6.72. The molecule has 0 aromatic heterocycles. The number of rotatable bonds is 12. The molecule has 1 aliphatic carbocycles. The number of halogens is 1. The summed E-state index contributed by atoms with van der Waals surface area (Å²) >= 11 is 1.52. The maximum atomic E-state index is 14.1. The number of hydroxylamine groups is 1. The molecule has 0 amide bonds. The Morgan fingerprint density at radius 2 is 1.79 bits per heavy atom. The van der Waals surface area contributed by atoms with Crippen molar-refractivity contribution < 1.29 is 22.4 Å². The SMILES string of the molecule is CCCCC1(CCCC)CN(c2ccc(F)cc2)c2cc(SC)c(CNOC(=O)C3CC3)cc2S(=O)(=O)C1. The van der Waals surface area contributed by atoms with Crippen LogP contribution in [-0.2, 0) is 26.0 Å². The molecule has 0 saturated heterocycles. The van der Waals surface area contributed by atoms with E-state index in [-0.39, 0.29) is 34.9 Å². The van der Waals surface area contributed by atoms with Crippen molar-refractivity contribution in [3.8, 4) is 0 Å². The number of unbranched alkanes of at least 4 members (excludes halogenated alkanes) is 2. The Balaban J connectivity index is 1.79. The van der Waals surface area contributed by atoms with E-state index in [4.69, 9.17) is 4.84 Å². The number of benzene rings is 2. The minimum atomic E-state index is -3.65. The topological polar surface area (TPSA) is 75.7 Å². The zero-order valence-corrected chi connectivity index (χ0v) is 24.2. The van der Waals surface area contributed by atoms with Crippen molar-refractivity contribution in [3.63, 3.8) is 0 Å². The highest BCUT2D eigenvalue weighted by Crippen LogP contribution is 2.46. The largest absolute Gasteiger partial charge is 0.370 e. The van der Waals surface area contributed by atoms with E-state index in [1.165, 1.54) is 23.9 Å². The van der Waals surface area contributed by atoms with Gasteiger partial charge < -0.3 is 9.74 Å². The molecule has 0 atom stereocenters. The number of sulfone groups is 1. The van der Waals surface area contributed by atoms with E-state index < -0.39 is 15.3 Å². The summed E-state index contributed by atoms with van der Waals surface area (Å²) in [4.78, 5) is 20.5. The number of hydrogen-bond donors (Lipinski definition) is 1. The van der Waals surface area contributed by atoms with Gasteiger partial charge in [-0.1, -0.05) is 39.5 Å². The number of fused-ring (bicyclic) bond motifs is 1. The van der Waals surface area contributed by atoms with Crippen molar-refractivity contribution >= 4 is 38.9 Å². The van der Waals surface area contributed by atoms with Crippen molar-refractivity contribution in [3.05, 3.63) is 47.8 Å². The Hall–Kier alpha value is -2.10. The molecule has 208 valence electrons. The predicted molar refractivity (Wildman–Crippen MR) is 151 cm³/mol. The number of anilines is 2. The van der Waals surface area contributed by atoms with Crippen molar-refractivity contribution in [2.24, 2.45) is 11.3 Å². The van der Waals surface area contributed by atoms with Crippen LogP contribution in [0.4, 0.5) is 15.8 Å². The molecule has 1 fully saturated rings. The summed E-state index contributed by atoms with van der Waals surface area (Å²) in [5.41, 5.74) is 4.49. The number of thioether (sulfide) groups is 1. The summed E-state index contributed by atoms with van der Waals surface area (Å²) in [6.07, 6.45) is 9.16. The molecule has 1 aliphatic heterocycles. The van der Waals surface area contributed by atoms with Crippen molar-refractivity contribution in [1.29, 1.82) is 0 Å². The molecular weight excluding hydrogens is 523 g/mol. The Morgan fingerprint density at radius 1 is 1.13 bits per heavy atom. The fourth-order valence-corrected chi connectivity index (χ4v) is 8.07. The number of hydrogen-bond acceptors (Lipinski definition) is 7. The lowest BCUT2D eigenvalue weighted by molar-refractivity contribution is -0.153. The van der Waals surface area contributed by atoms with Gasteiger partial charge in [-0.2, -0.15) is 0 Å². The van der Waals surface area contributed by atoms with Gasteiger partial charge >= 0.3 is 5.97 Å². The molecule has 2 aromatic carbocycles. The summed E-state index contributed by atoms with van der Waals surface area (Å²) in [5.74, 6) is -0.547. The highest BCUT2D eigenvalue weighted by atomic mass is 32.2. The van der Waals surface area contributed by atoms with Crippen molar-refractivity contribution in [2.75, 3.05) is 23.5 Å². The van der Waals surface area contributed by atoms with Gasteiger partial charge in [-0.25, -0.2) is 12.8 Å². The van der Waals surface area contributed by atoms with Gasteiger partial charge in [0.1, 0.15) is 5.82 Å². The van der Waals surface area contributed by atoms with Gasteiger partial charge in [0.25, 0.3) is 0 Å². The summed E-state index contributed by atoms with van der Waals surface area (Å²) < 4.78 is 42.1. The summed E-state index contributed by atoms with van der Waals surface area (Å²) in [7, 11) is -3.65. The maximum Gasteiger partial charge on any atom is 0.327 e. The average Bonchev–Trinajstić information content (AvgIpc) is 3.75. The van der Waals surface area contributed by atoms with Crippen LogP contribution in [0.3, 0.4) is 0 Å². The van der Waals surface area contributed by atoms with E-state index in [2.05, 4.69) is 24.2 Å². The molecule has 1 saturated carbocycles. The third-order valence-electron chi connectivity index (χ3n) is 7.58. The fourth-order valence-electron chi connectivity index (χ4n) is 5.30. The van der Waals surface area contributed by atoms with E-state index in [0.29, 0.717) is 12.2 Å². The third-order valence-corrected chi connectivity index (χ3v) is 10.4. The second kappa shape index (κ2) is 12.4. The Bertz CT molecular complexity index is 1220. The molecular formula is C29H39FN2O4S2. The van der Waals surface area contributed by atoms with E-state index in [9.17, 15) is 17.6 Å². The van der Waals surface area contributed by atoms with Crippen LogP contribution in [0.1, 0.15) is 70.8 Å². The molecule has 2 aromatic rings. The highest BCUT2D eigenvalue weighted by Gasteiger charge is 2.42. The number of nitrogens with one attached hydrogen (secondary N) is 1. The highest BCUT2D eigenvalue weighted by molar-refractivity contribution is 7.98. The van der Waals surface area contributed by atoms with Crippen LogP contribution >= 0.6 is 11.8 Å². The maximum absolute atomic E-state index is 14.1. The van der Waals surface area contributed by atoms with E-state index in [0.717, 1.165) is 67.5 Å². The Labute approximate surface area is 230 Å². The summed E-state index contributed by atoms with van der Waals surface area (Å²) in [6.45, 7) is 5.02. The molecule has 4 rings (SSSR count). The molecule has 38 heavy (non-hydrogen) atoms. The van der Waals surface area contributed by atoms with Gasteiger partial charge in [-0.15, -0.1) is 17.2 Å². The van der Waals surface area contributed by atoms with Gasteiger partial charge in [-0.3, -0.25) is 4.79 Å². The first kappa shape index (κ1) is 28.9. The minimum Gasteiger partial charge on any atom is -0.370 e. The Kier molecular flexibility index (Phi) is 9.42. The lowest BCUT2D eigenvalue weighted by Crippen LogP contribution is -2.38. The van der Waals surface area contributed by atoms with Gasteiger partial charge in [0.15, 0.2) is 9.84 Å². The molecule has 0 unspecified atom stereocenters. The zero-order valence-electron chi connectivity index (χ0n) is 22.6. The van der Waals surface area contributed by atoms with E-state index >= 15 is 0 Å². The smallest absolute Gasteiger partial charge is 0.327 e. The van der Waals surface area contributed by atoms with Gasteiger partial charge in [0.2, 0.25) is 0 Å². The van der Waals surface area contributed by atoms with Crippen LogP contribution in [0.2, 0.25) is 0 Å². The first-order chi connectivity index (χ1) is 18.2. The molecule has 0 radical (unpaired) electrons. The number of carbonyl (C=O) groups is 1. The average molecular weight is 563 g/mol. The van der Waals surface area contributed by atoms with Crippen LogP contribution in [0.15, 0.2) is 46.2 Å². The lowest BCUT2D eigenvalue weighted by atomic mass is 9.79.